The lowest BCUT2D eigenvalue weighted by atomic mass is 10.0. The van der Waals surface area contributed by atoms with Crippen LogP contribution in [0.3, 0.4) is 0 Å². The van der Waals surface area contributed by atoms with Crippen LogP contribution in [0.2, 0.25) is 0 Å². The van der Waals surface area contributed by atoms with Crippen molar-refractivity contribution in [1.82, 2.24) is 10.2 Å². The quantitative estimate of drug-likeness (QED) is 0.793. The second-order valence-corrected chi connectivity index (χ2v) is 3.56. The third-order valence-electron chi connectivity index (χ3n) is 2.57. The van der Waals surface area contributed by atoms with Crippen molar-refractivity contribution in [2.75, 3.05) is 20.0 Å². The van der Waals surface area contributed by atoms with E-state index in [0.717, 1.165) is 0 Å². The van der Waals surface area contributed by atoms with Gasteiger partial charge >= 0.3 is 0 Å². The molecule has 2 aromatic rings. The number of H-pyrrole nitrogens is 1. The fraction of sp³-hybridized carbons (Fsp3) is 0.167. The van der Waals surface area contributed by atoms with E-state index in [1.807, 2.05) is 0 Å². The average Bonchev–Trinajstić information content (AvgIpc) is 2.83. The summed E-state index contributed by atoms with van der Waals surface area (Å²) in [6.45, 7) is 0. The summed E-state index contributed by atoms with van der Waals surface area (Å²) in [6.07, 6.45) is 1.38. The van der Waals surface area contributed by atoms with Crippen molar-refractivity contribution in [1.29, 1.82) is 0 Å². The zero-order chi connectivity index (χ0) is 13.1. The highest BCUT2D eigenvalue weighted by molar-refractivity contribution is 6.14. The number of rotatable bonds is 4. The first-order chi connectivity index (χ1) is 8.69. The molecule has 0 radical (unpaired) electrons. The SMILES string of the molecule is COc1cccc(OC)c1C(=O)c1cn[nH]c1N. The molecule has 1 aromatic heterocycles. The third-order valence-corrected chi connectivity index (χ3v) is 2.57. The number of nitrogens with two attached hydrogens (primary N) is 1. The van der Waals surface area contributed by atoms with Crippen molar-refractivity contribution < 1.29 is 14.3 Å². The number of nitrogen functional groups attached to an aromatic ring is 1. The van der Waals surface area contributed by atoms with E-state index in [-0.39, 0.29) is 17.2 Å². The number of anilines is 1. The summed E-state index contributed by atoms with van der Waals surface area (Å²) in [7, 11) is 2.98. The smallest absolute Gasteiger partial charge is 0.205 e. The summed E-state index contributed by atoms with van der Waals surface area (Å²) in [4.78, 5) is 12.4. The van der Waals surface area contributed by atoms with Gasteiger partial charge < -0.3 is 15.2 Å². The fourth-order valence-corrected chi connectivity index (χ4v) is 1.69. The van der Waals surface area contributed by atoms with Crippen LogP contribution in [0.4, 0.5) is 5.82 Å². The molecule has 1 heterocycles. The Morgan fingerprint density at radius 1 is 1.28 bits per heavy atom. The van der Waals surface area contributed by atoms with Crippen molar-refractivity contribution in [2.45, 2.75) is 0 Å². The molecule has 6 heteroatoms. The molecule has 0 aliphatic carbocycles. The molecule has 0 spiro atoms. The summed E-state index contributed by atoms with van der Waals surface area (Å²) in [6, 6.07) is 5.12. The molecule has 0 saturated heterocycles. The Hall–Kier alpha value is -2.50. The maximum Gasteiger partial charge on any atom is 0.205 e. The van der Waals surface area contributed by atoms with Gasteiger partial charge in [0.15, 0.2) is 0 Å². The number of hydrogen-bond acceptors (Lipinski definition) is 5. The van der Waals surface area contributed by atoms with Gasteiger partial charge in [0, 0.05) is 0 Å². The largest absolute Gasteiger partial charge is 0.496 e. The van der Waals surface area contributed by atoms with Crippen LogP contribution < -0.4 is 15.2 Å². The van der Waals surface area contributed by atoms with Gasteiger partial charge in [-0.3, -0.25) is 9.89 Å². The second-order valence-electron chi connectivity index (χ2n) is 3.56. The molecule has 3 N–H and O–H groups in total. The average molecular weight is 247 g/mol. The molecule has 0 bridgehead atoms. The normalized spacial score (nSPS) is 10.1. The van der Waals surface area contributed by atoms with E-state index in [0.29, 0.717) is 17.1 Å². The third kappa shape index (κ3) is 1.88. The molecule has 2 rings (SSSR count). The Kier molecular flexibility index (Phi) is 3.18. The van der Waals surface area contributed by atoms with E-state index in [4.69, 9.17) is 15.2 Å². The van der Waals surface area contributed by atoms with Gasteiger partial charge in [-0.15, -0.1) is 0 Å². The van der Waals surface area contributed by atoms with Crippen LogP contribution in [-0.4, -0.2) is 30.2 Å². The minimum absolute atomic E-state index is 0.216. The Morgan fingerprint density at radius 3 is 2.33 bits per heavy atom. The molecule has 0 unspecified atom stereocenters. The number of hydrogen-bond donors (Lipinski definition) is 2. The first-order valence-electron chi connectivity index (χ1n) is 5.23. The highest BCUT2D eigenvalue weighted by atomic mass is 16.5. The van der Waals surface area contributed by atoms with Gasteiger partial charge in [-0.05, 0) is 12.1 Å². The number of ketones is 1. The number of carbonyl (C=O) groups is 1. The summed E-state index contributed by atoms with van der Waals surface area (Å²) < 4.78 is 10.3. The van der Waals surface area contributed by atoms with E-state index in [9.17, 15) is 4.79 Å². The van der Waals surface area contributed by atoms with E-state index in [2.05, 4.69) is 10.2 Å². The van der Waals surface area contributed by atoms with E-state index in [1.54, 1.807) is 18.2 Å². The van der Waals surface area contributed by atoms with Gasteiger partial charge in [0.2, 0.25) is 5.78 Å². The molecule has 1 aromatic carbocycles. The van der Waals surface area contributed by atoms with Crippen molar-refractivity contribution in [3.05, 3.63) is 35.5 Å². The molecule has 0 saturated carbocycles. The molecule has 0 amide bonds. The highest BCUT2D eigenvalue weighted by Gasteiger charge is 2.22. The first-order valence-corrected chi connectivity index (χ1v) is 5.23. The maximum absolute atomic E-state index is 12.4. The topological polar surface area (TPSA) is 90.2 Å². The Morgan fingerprint density at radius 2 is 1.89 bits per heavy atom. The van der Waals surface area contributed by atoms with E-state index >= 15 is 0 Å². The molecule has 6 nitrogen and oxygen atoms in total. The predicted molar refractivity (Wildman–Crippen MR) is 66.0 cm³/mol. The lowest BCUT2D eigenvalue weighted by molar-refractivity contribution is 0.103. The van der Waals surface area contributed by atoms with Crippen LogP contribution in [0.5, 0.6) is 11.5 Å². The van der Waals surface area contributed by atoms with E-state index < -0.39 is 0 Å². The minimum atomic E-state index is -0.296. The molecule has 0 atom stereocenters. The summed E-state index contributed by atoms with van der Waals surface area (Å²) in [5.41, 5.74) is 6.26. The van der Waals surface area contributed by atoms with Gasteiger partial charge in [-0.1, -0.05) is 6.07 Å². The first kappa shape index (κ1) is 12.0. The highest BCUT2D eigenvalue weighted by Crippen LogP contribution is 2.31. The maximum atomic E-state index is 12.4. The number of nitrogens with one attached hydrogen (secondary N) is 1. The summed E-state index contributed by atoms with van der Waals surface area (Å²) in [5.74, 6) is 0.781. The zero-order valence-electron chi connectivity index (χ0n) is 10.1. The predicted octanol–water partition coefficient (Wildman–Crippen LogP) is 1.24. The van der Waals surface area contributed by atoms with Gasteiger partial charge in [0.05, 0.1) is 26.0 Å². The Labute approximate surface area is 104 Å². The lowest BCUT2D eigenvalue weighted by Gasteiger charge is -2.11. The number of aromatic amines is 1. The number of methoxy groups -OCH3 is 2. The summed E-state index contributed by atoms with van der Waals surface area (Å²) >= 11 is 0. The monoisotopic (exact) mass is 247 g/mol. The van der Waals surface area contributed by atoms with Gasteiger partial charge in [0.1, 0.15) is 22.9 Å². The van der Waals surface area contributed by atoms with Crippen LogP contribution in [0.15, 0.2) is 24.4 Å². The Balaban J connectivity index is 2.56. The van der Waals surface area contributed by atoms with Crippen molar-refractivity contribution in [3.8, 4) is 11.5 Å². The van der Waals surface area contributed by atoms with Crippen molar-refractivity contribution in [2.24, 2.45) is 0 Å². The van der Waals surface area contributed by atoms with Crippen LogP contribution in [-0.2, 0) is 0 Å². The number of aromatic nitrogens is 2. The minimum Gasteiger partial charge on any atom is -0.496 e. The van der Waals surface area contributed by atoms with Crippen LogP contribution in [0.25, 0.3) is 0 Å². The van der Waals surface area contributed by atoms with Crippen LogP contribution >= 0.6 is 0 Å². The zero-order valence-corrected chi connectivity index (χ0v) is 10.1. The van der Waals surface area contributed by atoms with Gasteiger partial charge in [-0.2, -0.15) is 5.10 Å². The molecule has 0 aliphatic heterocycles. The molecular formula is C12H13N3O3. The molecule has 18 heavy (non-hydrogen) atoms. The van der Waals surface area contributed by atoms with Crippen LogP contribution in [0.1, 0.15) is 15.9 Å². The van der Waals surface area contributed by atoms with Gasteiger partial charge in [-0.25, -0.2) is 0 Å². The molecule has 94 valence electrons. The van der Waals surface area contributed by atoms with Crippen molar-refractivity contribution >= 4 is 11.6 Å². The van der Waals surface area contributed by atoms with Crippen LogP contribution in [0, 0.1) is 0 Å². The fourth-order valence-electron chi connectivity index (χ4n) is 1.69. The number of benzene rings is 1. The molecule has 0 aliphatic rings. The standard InChI is InChI=1S/C12H13N3O3/c1-17-8-4-3-5-9(18-2)10(8)11(16)7-6-14-15-12(7)13/h3-6H,1-2H3,(H3,13,14,15). The lowest BCUT2D eigenvalue weighted by Crippen LogP contribution is -2.07. The molecule has 0 fully saturated rings. The number of ether oxygens (including phenoxy) is 2. The molecular weight excluding hydrogens is 234 g/mol. The Bertz CT molecular complexity index is 555. The van der Waals surface area contributed by atoms with Gasteiger partial charge in [0.25, 0.3) is 0 Å². The second kappa shape index (κ2) is 4.79. The number of nitrogens with zero attached hydrogens (tertiary/aromatic N) is 1. The van der Waals surface area contributed by atoms with Crippen molar-refractivity contribution in [3.63, 3.8) is 0 Å². The summed E-state index contributed by atoms with van der Waals surface area (Å²) in [5, 5.41) is 6.25. The number of carbonyl (C=O) groups excluding carboxylic acids is 1. The van der Waals surface area contributed by atoms with E-state index in [1.165, 1.54) is 20.4 Å².